The number of hydrogen-bond donors (Lipinski definition) is 4. The maximum Gasteiger partial charge on any atom is 0.306 e. The summed E-state index contributed by atoms with van der Waals surface area (Å²) in [4.78, 5) is 54.5. The lowest BCUT2D eigenvalue weighted by Gasteiger charge is -2.32. The van der Waals surface area contributed by atoms with Crippen LogP contribution in [-0.4, -0.2) is 58.2 Å². The van der Waals surface area contributed by atoms with Crippen molar-refractivity contribution in [2.24, 2.45) is 0 Å². The summed E-state index contributed by atoms with van der Waals surface area (Å²) in [7, 11) is 2.34. The van der Waals surface area contributed by atoms with Crippen molar-refractivity contribution < 1.29 is 49.1 Å². The summed E-state index contributed by atoms with van der Waals surface area (Å²) < 4.78 is 9.92. The zero-order valence-corrected chi connectivity index (χ0v) is 33.1. The number of aliphatic hydroxyl groups excluding tert-OH is 2. The van der Waals surface area contributed by atoms with Gasteiger partial charge in [0, 0.05) is 11.8 Å². The molecule has 1 aliphatic rings. The maximum atomic E-state index is 14.4. The molecule has 52 heavy (non-hydrogen) atoms. The van der Waals surface area contributed by atoms with Crippen LogP contribution in [0.3, 0.4) is 0 Å². The summed E-state index contributed by atoms with van der Waals surface area (Å²) in [5.41, 5.74) is -0.723. The van der Waals surface area contributed by atoms with Crippen LogP contribution in [0.2, 0.25) is 0 Å². The number of phenols is 2. The molecule has 2 atom stereocenters. The number of esters is 2. The van der Waals surface area contributed by atoms with Gasteiger partial charge in [0.15, 0.2) is 11.5 Å². The molecule has 0 bridgehead atoms. The van der Waals surface area contributed by atoms with E-state index in [4.69, 9.17) is 9.47 Å². The van der Waals surface area contributed by atoms with Crippen LogP contribution in [-0.2, 0) is 50.3 Å². The van der Waals surface area contributed by atoms with Crippen molar-refractivity contribution >= 4 is 23.5 Å². The van der Waals surface area contributed by atoms with Crippen molar-refractivity contribution in [2.45, 2.75) is 129 Å². The summed E-state index contributed by atoms with van der Waals surface area (Å²) in [5, 5.41) is 46.2. The van der Waals surface area contributed by atoms with E-state index in [2.05, 4.69) is 0 Å². The summed E-state index contributed by atoms with van der Waals surface area (Å²) in [6, 6.07) is 6.52. The van der Waals surface area contributed by atoms with Crippen LogP contribution in [0.15, 0.2) is 46.9 Å². The number of hydrogen-bond acceptors (Lipinski definition) is 10. The van der Waals surface area contributed by atoms with E-state index in [0.29, 0.717) is 33.4 Å². The fourth-order valence-electron chi connectivity index (χ4n) is 6.64. The first-order valence-corrected chi connectivity index (χ1v) is 17.4. The molecule has 10 nitrogen and oxygen atoms in total. The number of ether oxygens (including phenoxy) is 2. The average molecular weight is 721 g/mol. The SMILES string of the molecule is COC(=O)C[C@H](C1=C(O)C(=O)C([C@@H](CC(=O)OC)c2cc(C(C)(C)C)c(O)c(C(C)(C)C)c2)=C(O)C1=O)c1cc(C(C)(C)C)c(O)c(C(C)(C)C)c1. The van der Waals surface area contributed by atoms with Crippen molar-refractivity contribution in [3.63, 3.8) is 0 Å². The zero-order chi connectivity index (χ0) is 40.0. The molecule has 10 heteroatoms. The Balaban J connectivity index is 2.42. The molecule has 4 N–H and O–H groups in total. The number of aromatic hydroxyl groups is 2. The molecule has 0 aromatic heterocycles. The molecule has 1 aliphatic carbocycles. The Morgan fingerprint density at radius 3 is 0.942 bits per heavy atom. The summed E-state index contributed by atoms with van der Waals surface area (Å²) >= 11 is 0. The lowest BCUT2D eigenvalue weighted by molar-refractivity contribution is -0.142. The van der Waals surface area contributed by atoms with Gasteiger partial charge in [0.2, 0.25) is 11.6 Å². The molecule has 284 valence electrons. The van der Waals surface area contributed by atoms with E-state index < -0.39 is 92.5 Å². The standard InChI is InChI=1S/C42H56O10/c1-39(2,3)25-15-21(16-26(33(25)45)40(4,5)6)23(19-29(43)51-13)31-35(47)37(49)32(38(50)36(31)48)24(20-30(44)52-14)22-17-27(41(7,8)9)34(46)28(18-22)42(10,11)12/h15-18,23-24,45-47,50H,19-20H2,1-14H3/t23-,24-/m0/s1. The minimum atomic E-state index is -1.27. The molecule has 0 radical (unpaired) electrons. The van der Waals surface area contributed by atoms with Crippen LogP contribution < -0.4 is 0 Å². The molecule has 2 aromatic carbocycles. The molecular weight excluding hydrogens is 664 g/mol. The van der Waals surface area contributed by atoms with Crippen LogP contribution in [0.25, 0.3) is 0 Å². The Bertz CT molecular complexity index is 1640. The molecular formula is C42H56O10. The van der Waals surface area contributed by atoms with Crippen LogP contribution in [0.5, 0.6) is 11.5 Å². The van der Waals surface area contributed by atoms with Crippen LogP contribution in [0, 0.1) is 0 Å². The Labute approximate surface area is 307 Å². The highest BCUT2D eigenvalue weighted by atomic mass is 16.5. The van der Waals surface area contributed by atoms with Gasteiger partial charge in [-0.15, -0.1) is 0 Å². The highest BCUT2D eigenvalue weighted by Gasteiger charge is 2.44. The Kier molecular flexibility index (Phi) is 11.6. The van der Waals surface area contributed by atoms with E-state index in [-0.39, 0.29) is 11.5 Å². The average Bonchev–Trinajstić information content (AvgIpc) is 3.00. The van der Waals surface area contributed by atoms with Gasteiger partial charge < -0.3 is 29.9 Å². The minimum Gasteiger partial charge on any atom is -0.507 e. The second-order valence-corrected chi connectivity index (χ2v) is 17.8. The third-order valence-electron chi connectivity index (χ3n) is 9.62. The van der Waals surface area contributed by atoms with Crippen molar-refractivity contribution in [2.75, 3.05) is 14.2 Å². The van der Waals surface area contributed by atoms with Crippen LogP contribution in [0.4, 0.5) is 0 Å². The second-order valence-electron chi connectivity index (χ2n) is 17.8. The van der Waals surface area contributed by atoms with Crippen LogP contribution in [0.1, 0.15) is 141 Å². The number of phenolic OH excluding ortho intramolecular Hbond substituents is 2. The highest BCUT2D eigenvalue weighted by Crippen LogP contribution is 2.47. The van der Waals surface area contributed by atoms with Crippen molar-refractivity contribution in [3.05, 3.63) is 80.3 Å². The number of allylic oxidation sites excluding steroid dienone is 2. The van der Waals surface area contributed by atoms with Gasteiger partial charge in [0.05, 0.1) is 38.2 Å². The molecule has 0 saturated carbocycles. The monoisotopic (exact) mass is 720 g/mol. The van der Waals surface area contributed by atoms with E-state index in [1.807, 2.05) is 83.1 Å². The molecule has 2 aromatic rings. The fourth-order valence-corrected chi connectivity index (χ4v) is 6.64. The second kappa shape index (κ2) is 14.4. The number of ketones is 2. The van der Waals surface area contributed by atoms with Gasteiger partial charge in [-0.1, -0.05) is 107 Å². The van der Waals surface area contributed by atoms with Gasteiger partial charge in [-0.05, 0) is 55.0 Å². The number of benzene rings is 2. The molecule has 0 unspecified atom stereocenters. The van der Waals surface area contributed by atoms with Gasteiger partial charge in [-0.25, -0.2) is 0 Å². The number of carbonyl (C=O) groups excluding carboxylic acids is 4. The summed E-state index contributed by atoms with van der Waals surface area (Å²) in [6.07, 6.45) is -0.966. The smallest absolute Gasteiger partial charge is 0.306 e. The maximum absolute atomic E-state index is 14.4. The van der Waals surface area contributed by atoms with E-state index in [9.17, 15) is 39.6 Å². The number of carbonyl (C=O) groups is 4. The van der Waals surface area contributed by atoms with Crippen molar-refractivity contribution in [1.29, 1.82) is 0 Å². The molecule has 0 saturated heterocycles. The zero-order valence-electron chi connectivity index (χ0n) is 33.1. The molecule has 0 fully saturated rings. The number of rotatable bonds is 8. The quantitative estimate of drug-likeness (QED) is 0.155. The van der Waals surface area contributed by atoms with E-state index in [1.54, 1.807) is 24.3 Å². The molecule has 0 spiro atoms. The molecule has 3 rings (SSSR count). The van der Waals surface area contributed by atoms with Crippen molar-refractivity contribution in [3.8, 4) is 11.5 Å². The lowest BCUT2D eigenvalue weighted by Crippen LogP contribution is -2.32. The summed E-state index contributed by atoms with van der Waals surface area (Å²) in [6.45, 7) is 22.7. The van der Waals surface area contributed by atoms with Gasteiger partial charge in [0.25, 0.3) is 0 Å². The normalized spacial score (nSPS) is 15.9. The first kappa shape index (κ1) is 41.8. The Hall–Kier alpha value is -4.60. The van der Waals surface area contributed by atoms with E-state index >= 15 is 0 Å². The van der Waals surface area contributed by atoms with Crippen molar-refractivity contribution in [1.82, 2.24) is 0 Å². The number of aliphatic hydroxyl groups is 2. The van der Waals surface area contributed by atoms with Gasteiger partial charge >= 0.3 is 11.9 Å². The number of methoxy groups -OCH3 is 2. The lowest BCUT2D eigenvalue weighted by atomic mass is 9.72. The Morgan fingerprint density at radius 1 is 0.519 bits per heavy atom. The predicted molar refractivity (Wildman–Crippen MR) is 199 cm³/mol. The highest BCUT2D eigenvalue weighted by molar-refractivity contribution is 6.24. The fraction of sp³-hybridized carbons (Fsp3) is 0.524. The van der Waals surface area contributed by atoms with E-state index in [1.165, 1.54) is 14.2 Å². The summed E-state index contributed by atoms with van der Waals surface area (Å²) in [5.74, 6) is -8.16. The molecule has 0 heterocycles. The van der Waals surface area contributed by atoms with Crippen LogP contribution >= 0.6 is 0 Å². The number of Topliss-reactive ketones (excluding diaryl/α,β-unsaturated/α-hetero) is 2. The van der Waals surface area contributed by atoms with E-state index in [0.717, 1.165) is 0 Å². The predicted octanol–water partition coefficient (Wildman–Crippen LogP) is 8.06. The largest absolute Gasteiger partial charge is 0.507 e. The molecule has 0 aliphatic heterocycles. The van der Waals surface area contributed by atoms with Gasteiger partial charge in [-0.2, -0.15) is 0 Å². The Morgan fingerprint density at radius 2 is 0.750 bits per heavy atom. The minimum absolute atomic E-state index is 0.0404. The van der Waals surface area contributed by atoms with Gasteiger partial charge in [-0.3, -0.25) is 19.2 Å². The third-order valence-corrected chi connectivity index (χ3v) is 9.62. The molecule has 0 amide bonds. The first-order valence-electron chi connectivity index (χ1n) is 17.4. The van der Waals surface area contributed by atoms with Gasteiger partial charge in [0.1, 0.15) is 11.5 Å². The third kappa shape index (κ3) is 8.37. The topological polar surface area (TPSA) is 168 Å². The first-order chi connectivity index (χ1) is 23.6.